The van der Waals surface area contributed by atoms with E-state index in [4.69, 9.17) is 4.84 Å². The summed E-state index contributed by atoms with van der Waals surface area (Å²) in [6, 6.07) is 20.3. The molecule has 1 amide bonds. The van der Waals surface area contributed by atoms with Gasteiger partial charge in [0.05, 0.1) is 11.8 Å². The predicted molar refractivity (Wildman–Crippen MR) is 94.8 cm³/mol. The molecule has 0 saturated carbocycles. The molecule has 2 aromatic carbocycles. The molecule has 0 fully saturated rings. The van der Waals surface area contributed by atoms with E-state index in [1.807, 2.05) is 36.4 Å². The molecule has 1 aliphatic rings. The number of amides is 1. The summed E-state index contributed by atoms with van der Waals surface area (Å²) in [7, 11) is 0. The maximum atomic E-state index is 11.6. The Morgan fingerprint density at radius 2 is 1.75 bits per heavy atom. The Morgan fingerprint density at radius 3 is 2.38 bits per heavy atom. The van der Waals surface area contributed by atoms with Crippen LogP contribution in [0, 0.1) is 0 Å². The molecule has 3 rings (SSSR count). The average Bonchev–Trinajstić information content (AvgIpc) is 3.04. The molecule has 2 atom stereocenters. The van der Waals surface area contributed by atoms with Crippen molar-refractivity contribution in [2.24, 2.45) is 5.16 Å². The van der Waals surface area contributed by atoms with Crippen molar-refractivity contribution in [3.63, 3.8) is 0 Å². The lowest BCUT2D eigenvalue weighted by Gasteiger charge is -2.22. The zero-order valence-corrected chi connectivity index (χ0v) is 13.8. The third-order valence-corrected chi connectivity index (χ3v) is 4.14. The van der Waals surface area contributed by atoms with Gasteiger partial charge in [0.25, 0.3) is 0 Å². The Hall–Kier alpha value is -2.62. The number of benzene rings is 2. The van der Waals surface area contributed by atoms with Crippen LogP contribution in [0.1, 0.15) is 24.5 Å². The molecule has 4 nitrogen and oxygen atoms in total. The van der Waals surface area contributed by atoms with Crippen LogP contribution in [-0.4, -0.2) is 23.8 Å². The Balaban J connectivity index is 1.63. The zero-order valence-electron chi connectivity index (χ0n) is 13.8. The van der Waals surface area contributed by atoms with Crippen LogP contribution >= 0.6 is 0 Å². The molecular formula is C20H22N2O2. The van der Waals surface area contributed by atoms with Gasteiger partial charge in [-0.05, 0) is 17.5 Å². The molecule has 124 valence electrons. The Bertz CT molecular complexity index is 698. The minimum Gasteiger partial charge on any atom is -0.390 e. The Morgan fingerprint density at radius 1 is 1.12 bits per heavy atom. The molecule has 1 aliphatic heterocycles. The smallest absolute Gasteiger partial charge is 0.217 e. The molecular weight excluding hydrogens is 300 g/mol. The minimum atomic E-state index is -0.118. The number of carbonyl (C=O) groups excluding carboxylic acids is 1. The van der Waals surface area contributed by atoms with E-state index < -0.39 is 0 Å². The summed E-state index contributed by atoms with van der Waals surface area (Å²) in [6.45, 7) is 1.54. The highest BCUT2D eigenvalue weighted by atomic mass is 16.6. The largest absolute Gasteiger partial charge is 0.390 e. The molecule has 0 aromatic heterocycles. The molecule has 2 unspecified atom stereocenters. The fraction of sp³-hybridized carbons (Fsp3) is 0.300. The van der Waals surface area contributed by atoms with E-state index in [-0.39, 0.29) is 18.1 Å². The van der Waals surface area contributed by atoms with Gasteiger partial charge < -0.3 is 10.2 Å². The molecule has 4 heteroatoms. The van der Waals surface area contributed by atoms with Gasteiger partial charge in [-0.3, -0.25) is 4.79 Å². The number of carbonyl (C=O) groups is 1. The van der Waals surface area contributed by atoms with Gasteiger partial charge in [0, 0.05) is 19.8 Å². The highest BCUT2D eigenvalue weighted by Gasteiger charge is 2.30. The summed E-state index contributed by atoms with van der Waals surface area (Å²) in [6.07, 6.45) is 2.15. The maximum absolute atomic E-state index is 11.6. The van der Waals surface area contributed by atoms with E-state index in [0.717, 1.165) is 25.0 Å². The lowest BCUT2D eigenvalue weighted by molar-refractivity contribution is -0.120. The first-order chi connectivity index (χ1) is 11.7. The molecule has 0 spiro atoms. The van der Waals surface area contributed by atoms with Crippen molar-refractivity contribution in [1.29, 1.82) is 0 Å². The van der Waals surface area contributed by atoms with Crippen molar-refractivity contribution >= 4 is 11.6 Å². The van der Waals surface area contributed by atoms with Crippen LogP contribution in [0.3, 0.4) is 0 Å². The molecule has 2 aromatic rings. The second-order valence-electron chi connectivity index (χ2n) is 6.16. The normalized spacial score (nSPS) is 17.7. The number of hydrogen-bond donors (Lipinski definition) is 1. The highest BCUT2D eigenvalue weighted by molar-refractivity contribution is 5.87. The van der Waals surface area contributed by atoms with E-state index in [9.17, 15) is 4.79 Å². The van der Waals surface area contributed by atoms with Crippen LogP contribution in [0.15, 0.2) is 65.8 Å². The summed E-state index contributed by atoms with van der Waals surface area (Å²) >= 11 is 0. The molecule has 1 N–H and O–H groups in total. The van der Waals surface area contributed by atoms with E-state index in [1.54, 1.807) is 6.92 Å². The number of hydrogen-bond acceptors (Lipinski definition) is 3. The summed E-state index contributed by atoms with van der Waals surface area (Å²) in [5.74, 6) is -0.0453. The van der Waals surface area contributed by atoms with Crippen molar-refractivity contribution in [3.8, 4) is 0 Å². The van der Waals surface area contributed by atoms with Crippen LogP contribution in [0.2, 0.25) is 0 Å². The number of rotatable bonds is 6. The number of nitrogens with zero attached hydrogens (tertiary/aromatic N) is 1. The predicted octanol–water partition coefficient (Wildman–Crippen LogP) is 3.12. The van der Waals surface area contributed by atoms with Crippen molar-refractivity contribution in [2.75, 3.05) is 0 Å². The summed E-state index contributed by atoms with van der Waals surface area (Å²) in [5, 5.41) is 7.27. The molecule has 1 heterocycles. The fourth-order valence-corrected chi connectivity index (χ4v) is 3.01. The summed E-state index contributed by atoms with van der Waals surface area (Å²) < 4.78 is 0. The molecule has 0 radical (unpaired) electrons. The van der Waals surface area contributed by atoms with Gasteiger partial charge in [0.15, 0.2) is 6.10 Å². The van der Waals surface area contributed by atoms with Crippen molar-refractivity contribution in [2.45, 2.75) is 38.3 Å². The van der Waals surface area contributed by atoms with Gasteiger partial charge in [-0.25, -0.2) is 0 Å². The van der Waals surface area contributed by atoms with Crippen LogP contribution in [0.4, 0.5) is 0 Å². The Labute approximate surface area is 142 Å². The second-order valence-corrected chi connectivity index (χ2v) is 6.16. The molecule has 0 aliphatic carbocycles. The third-order valence-electron chi connectivity index (χ3n) is 4.14. The first kappa shape index (κ1) is 16.2. The maximum Gasteiger partial charge on any atom is 0.217 e. The quantitative estimate of drug-likeness (QED) is 0.888. The third kappa shape index (κ3) is 4.44. The molecule has 24 heavy (non-hydrogen) atoms. The van der Waals surface area contributed by atoms with Crippen LogP contribution in [0.5, 0.6) is 0 Å². The lowest BCUT2D eigenvalue weighted by Crippen LogP contribution is -2.44. The van der Waals surface area contributed by atoms with Crippen LogP contribution in [-0.2, 0) is 22.5 Å². The number of nitrogens with one attached hydrogen (secondary N) is 1. The van der Waals surface area contributed by atoms with Crippen molar-refractivity contribution < 1.29 is 9.63 Å². The summed E-state index contributed by atoms with van der Waals surface area (Å²) in [5.41, 5.74) is 3.42. The lowest BCUT2D eigenvalue weighted by atomic mass is 9.96. The van der Waals surface area contributed by atoms with Gasteiger partial charge in [0.1, 0.15) is 0 Å². The minimum absolute atomic E-state index is 0.0453. The second kappa shape index (κ2) is 7.77. The van der Waals surface area contributed by atoms with Crippen molar-refractivity contribution in [3.05, 3.63) is 71.8 Å². The van der Waals surface area contributed by atoms with Crippen LogP contribution < -0.4 is 5.32 Å². The van der Waals surface area contributed by atoms with Gasteiger partial charge in [-0.2, -0.15) is 0 Å². The van der Waals surface area contributed by atoms with E-state index in [1.165, 1.54) is 11.1 Å². The van der Waals surface area contributed by atoms with Gasteiger partial charge in [-0.15, -0.1) is 0 Å². The first-order valence-corrected chi connectivity index (χ1v) is 8.27. The summed E-state index contributed by atoms with van der Waals surface area (Å²) in [4.78, 5) is 17.2. The van der Waals surface area contributed by atoms with Gasteiger partial charge in [-0.1, -0.05) is 65.8 Å². The van der Waals surface area contributed by atoms with Crippen molar-refractivity contribution in [1.82, 2.24) is 5.32 Å². The highest BCUT2D eigenvalue weighted by Crippen LogP contribution is 2.20. The first-order valence-electron chi connectivity index (χ1n) is 8.27. The topological polar surface area (TPSA) is 50.7 Å². The zero-order chi connectivity index (χ0) is 16.8. The SMILES string of the molecule is CC(=O)NC(Cc1ccccc1)C1CC(Cc2ccccc2)=NO1. The average molecular weight is 322 g/mol. The van der Waals surface area contributed by atoms with E-state index in [0.29, 0.717) is 0 Å². The standard InChI is InChI=1S/C20H22N2O2/c1-15(23)21-19(13-17-10-6-3-7-11-17)20-14-18(22-24-20)12-16-8-4-2-5-9-16/h2-11,19-20H,12-14H2,1H3,(H,21,23). The number of oxime groups is 1. The van der Waals surface area contributed by atoms with E-state index >= 15 is 0 Å². The molecule has 0 saturated heterocycles. The van der Waals surface area contributed by atoms with E-state index in [2.05, 4.69) is 34.7 Å². The van der Waals surface area contributed by atoms with Crippen LogP contribution in [0.25, 0.3) is 0 Å². The fourth-order valence-electron chi connectivity index (χ4n) is 3.01. The Kier molecular flexibility index (Phi) is 5.26. The molecule has 0 bridgehead atoms. The van der Waals surface area contributed by atoms with Gasteiger partial charge >= 0.3 is 0 Å². The van der Waals surface area contributed by atoms with Gasteiger partial charge in [0.2, 0.25) is 5.91 Å². The monoisotopic (exact) mass is 322 g/mol.